The van der Waals surface area contributed by atoms with E-state index in [-0.39, 0.29) is 5.91 Å². The van der Waals surface area contributed by atoms with Crippen LogP contribution in [0.3, 0.4) is 0 Å². The molecule has 116 valence electrons. The molecule has 0 saturated carbocycles. The van der Waals surface area contributed by atoms with Crippen LogP contribution in [-0.4, -0.2) is 56.5 Å². The van der Waals surface area contributed by atoms with E-state index in [0.717, 1.165) is 25.3 Å². The Bertz CT molecular complexity index is 493. The van der Waals surface area contributed by atoms with Gasteiger partial charge in [0.2, 0.25) is 0 Å². The average Bonchev–Trinajstić information content (AvgIpc) is 2.46. The standard InChI is InChI=1S/C16H26N4O/c1-19(2)16(21)14-5-4-13(17)10-15(14)18-11-12-6-8-20(3)9-7-12/h4-5,10,12,18H,6-9,11,17H2,1-3H3. The van der Waals surface area contributed by atoms with E-state index in [1.165, 1.54) is 12.8 Å². The van der Waals surface area contributed by atoms with Crippen LogP contribution in [-0.2, 0) is 0 Å². The minimum atomic E-state index is 0.000812. The van der Waals surface area contributed by atoms with Gasteiger partial charge in [-0.15, -0.1) is 0 Å². The van der Waals surface area contributed by atoms with Crippen molar-refractivity contribution in [2.75, 3.05) is 51.8 Å². The number of carbonyl (C=O) groups excluding carboxylic acids is 1. The maximum Gasteiger partial charge on any atom is 0.255 e. The molecule has 0 aliphatic carbocycles. The molecular weight excluding hydrogens is 264 g/mol. The first-order chi connectivity index (χ1) is 9.97. The number of hydrogen-bond acceptors (Lipinski definition) is 4. The Kier molecular flexibility index (Phi) is 5.07. The summed E-state index contributed by atoms with van der Waals surface area (Å²) in [6.07, 6.45) is 2.39. The number of piperidine rings is 1. The predicted molar refractivity (Wildman–Crippen MR) is 87.6 cm³/mol. The van der Waals surface area contributed by atoms with Crippen LogP contribution in [0.25, 0.3) is 0 Å². The van der Waals surface area contributed by atoms with Crippen LogP contribution < -0.4 is 11.1 Å². The third-order valence-corrected chi connectivity index (χ3v) is 4.10. The minimum Gasteiger partial charge on any atom is -0.399 e. The second kappa shape index (κ2) is 6.80. The first kappa shape index (κ1) is 15.6. The fourth-order valence-corrected chi connectivity index (χ4v) is 2.66. The van der Waals surface area contributed by atoms with Crippen LogP contribution in [0.4, 0.5) is 11.4 Å². The van der Waals surface area contributed by atoms with Crippen molar-refractivity contribution >= 4 is 17.3 Å². The highest BCUT2D eigenvalue weighted by molar-refractivity contribution is 6.00. The number of amides is 1. The molecule has 1 fully saturated rings. The molecule has 5 heteroatoms. The molecular formula is C16H26N4O. The summed E-state index contributed by atoms with van der Waals surface area (Å²) in [5, 5.41) is 3.43. The second-order valence-corrected chi connectivity index (χ2v) is 6.13. The highest BCUT2D eigenvalue weighted by atomic mass is 16.2. The molecule has 1 saturated heterocycles. The molecule has 1 amide bonds. The van der Waals surface area contributed by atoms with Gasteiger partial charge < -0.3 is 20.9 Å². The first-order valence-corrected chi connectivity index (χ1v) is 7.51. The largest absolute Gasteiger partial charge is 0.399 e. The van der Waals surface area contributed by atoms with Crippen LogP contribution in [0.1, 0.15) is 23.2 Å². The Morgan fingerprint density at radius 2 is 2.05 bits per heavy atom. The van der Waals surface area contributed by atoms with Gasteiger partial charge in [0.15, 0.2) is 0 Å². The zero-order chi connectivity index (χ0) is 15.4. The molecule has 1 aromatic carbocycles. The van der Waals surface area contributed by atoms with Crippen molar-refractivity contribution in [1.29, 1.82) is 0 Å². The van der Waals surface area contributed by atoms with Crippen LogP contribution in [0, 0.1) is 5.92 Å². The van der Waals surface area contributed by atoms with Crippen molar-refractivity contribution in [2.45, 2.75) is 12.8 Å². The molecule has 0 aromatic heterocycles. The molecule has 0 unspecified atom stereocenters. The quantitative estimate of drug-likeness (QED) is 0.829. The van der Waals surface area contributed by atoms with Gasteiger partial charge in [-0.2, -0.15) is 0 Å². The van der Waals surface area contributed by atoms with Gasteiger partial charge in [0, 0.05) is 32.0 Å². The van der Waals surface area contributed by atoms with Gasteiger partial charge in [-0.1, -0.05) is 0 Å². The van der Waals surface area contributed by atoms with Crippen LogP contribution in [0.15, 0.2) is 18.2 Å². The summed E-state index contributed by atoms with van der Waals surface area (Å²) in [5.74, 6) is 0.658. The zero-order valence-electron chi connectivity index (χ0n) is 13.2. The van der Waals surface area contributed by atoms with Gasteiger partial charge in [-0.3, -0.25) is 4.79 Å². The molecule has 5 nitrogen and oxygen atoms in total. The van der Waals surface area contributed by atoms with Crippen molar-refractivity contribution in [3.63, 3.8) is 0 Å². The van der Waals surface area contributed by atoms with Gasteiger partial charge in [0.05, 0.1) is 5.56 Å². The molecule has 1 aromatic rings. The highest BCUT2D eigenvalue weighted by Crippen LogP contribution is 2.23. The summed E-state index contributed by atoms with van der Waals surface area (Å²) in [4.78, 5) is 16.2. The molecule has 1 aliphatic rings. The van der Waals surface area contributed by atoms with E-state index in [0.29, 0.717) is 17.2 Å². The second-order valence-electron chi connectivity index (χ2n) is 6.13. The summed E-state index contributed by atoms with van der Waals surface area (Å²) in [6.45, 7) is 3.19. The number of hydrogen-bond donors (Lipinski definition) is 2. The van der Waals surface area contributed by atoms with Crippen molar-refractivity contribution in [2.24, 2.45) is 5.92 Å². The fourth-order valence-electron chi connectivity index (χ4n) is 2.66. The van der Waals surface area contributed by atoms with E-state index in [2.05, 4.69) is 17.3 Å². The van der Waals surface area contributed by atoms with Gasteiger partial charge in [0.1, 0.15) is 0 Å². The number of rotatable bonds is 4. The first-order valence-electron chi connectivity index (χ1n) is 7.51. The third kappa shape index (κ3) is 4.11. The lowest BCUT2D eigenvalue weighted by Gasteiger charge is -2.29. The van der Waals surface area contributed by atoms with E-state index >= 15 is 0 Å². The van der Waals surface area contributed by atoms with Crippen molar-refractivity contribution < 1.29 is 4.79 Å². The lowest BCUT2D eigenvalue weighted by molar-refractivity contribution is 0.0828. The number of nitrogen functional groups attached to an aromatic ring is 1. The molecule has 0 atom stereocenters. The molecule has 0 radical (unpaired) electrons. The lowest BCUT2D eigenvalue weighted by Crippen LogP contribution is -2.33. The maximum atomic E-state index is 12.2. The van der Waals surface area contributed by atoms with Gasteiger partial charge in [0.25, 0.3) is 5.91 Å². The highest BCUT2D eigenvalue weighted by Gasteiger charge is 2.18. The average molecular weight is 290 g/mol. The van der Waals surface area contributed by atoms with Crippen molar-refractivity contribution in [3.05, 3.63) is 23.8 Å². The van der Waals surface area contributed by atoms with Gasteiger partial charge >= 0.3 is 0 Å². The van der Waals surface area contributed by atoms with Gasteiger partial charge in [-0.05, 0) is 57.1 Å². The number of nitrogens with zero attached hydrogens (tertiary/aromatic N) is 2. The lowest BCUT2D eigenvalue weighted by atomic mass is 9.97. The minimum absolute atomic E-state index is 0.000812. The summed E-state index contributed by atoms with van der Waals surface area (Å²) in [7, 11) is 5.69. The Morgan fingerprint density at radius 3 is 2.67 bits per heavy atom. The van der Waals surface area contributed by atoms with Crippen molar-refractivity contribution in [3.8, 4) is 0 Å². The van der Waals surface area contributed by atoms with Gasteiger partial charge in [-0.25, -0.2) is 0 Å². The van der Waals surface area contributed by atoms with E-state index in [9.17, 15) is 4.79 Å². The Hall–Kier alpha value is -1.75. The fraction of sp³-hybridized carbons (Fsp3) is 0.562. The number of benzene rings is 1. The normalized spacial score (nSPS) is 16.7. The van der Waals surface area contributed by atoms with Crippen LogP contribution >= 0.6 is 0 Å². The van der Waals surface area contributed by atoms with E-state index < -0.39 is 0 Å². The van der Waals surface area contributed by atoms with Crippen LogP contribution in [0.5, 0.6) is 0 Å². The molecule has 2 rings (SSSR count). The maximum absolute atomic E-state index is 12.2. The van der Waals surface area contributed by atoms with Crippen LogP contribution in [0.2, 0.25) is 0 Å². The number of nitrogens with one attached hydrogen (secondary N) is 1. The summed E-state index contributed by atoms with van der Waals surface area (Å²) < 4.78 is 0. The molecule has 1 heterocycles. The predicted octanol–water partition coefficient (Wildman–Crippen LogP) is 1.72. The SMILES string of the molecule is CN1CCC(CNc2cc(N)ccc2C(=O)N(C)C)CC1. The third-order valence-electron chi connectivity index (χ3n) is 4.10. The summed E-state index contributed by atoms with van der Waals surface area (Å²) in [6, 6.07) is 5.43. The number of anilines is 2. The number of carbonyl (C=O) groups is 1. The molecule has 21 heavy (non-hydrogen) atoms. The molecule has 0 bridgehead atoms. The number of nitrogens with two attached hydrogens (primary N) is 1. The Morgan fingerprint density at radius 1 is 1.38 bits per heavy atom. The van der Waals surface area contributed by atoms with E-state index in [4.69, 9.17) is 5.73 Å². The Balaban J connectivity index is 2.04. The molecule has 0 spiro atoms. The zero-order valence-corrected chi connectivity index (χ0v) is 13.2. The Labute approximate surface area is 127 Å². The monoisotopic (exact) mass is 290 g/mol. The topological polar surface area (TPSA) is 61.6 Å². The smallest absolute Gasteiger partial charge is 0.255 e. The van der Waals surface area contributed by atoms with E-state index in [1.807, 2.05) is 6.07 Å². The molecule has 1 aliphatic heterocycles. The summed E-state index contributed by atoms with van der Waals surface area (Å²) >= 11 is 0. The van der Waals surface area contributed by atoms with Crippen molar-refractivity contribution in [1.82, 2.24) is 9.80 Å². The molecule has 3 N–H and O–H groups in total. The number of likely N-dealkylation sites (tertiary alicyclic amines) is 1. The summed E-state index contributed by atoms with van der Waals surface area (Å²) in [5.41, 5.74) is 8.06. The van der Waals surface area contributed by atoms with E-state index in [1.54, 1.807) is 31.1 Å².